The molecule has 7 aromatic carbocycles. The van der Waals surface area contributed by atoms with Gasteiger partial charge in [-0.3, -0.25) is 0 Å². The Kier molecular flexibility index (Phi) is 7.07. The van der Waals surface area contributed by atoms with Gasteiger partial charge in [0.15, 0.2) is 17.5 Å². The summed E-state index contributed by atoms with van der Waals surface area (Å²) in [4.78, 5) is 20.7. The second-order valence-electron chi connectivity index (χ2n) is 14.9. The highest BCUT2D eigenvalue weighted by Crippen LogP contribution is 2.50. The van der Waals surface area contributed by atoms with E-state index in [1.165, 1.54) is 37.7 Å². The van der Waals surface area contributed by atoms with Crippen LogP contribution in [-0.2, 0) is 5.41 Å². The lowest BCUT2D eigenvalue weighted by Crippen LogP contribution is -2.14. The van der Waals surface area contributed by atoms with E-state index in [1.54, 1.807) is 11.3 Å². The molecule has 3 aromatic heterocycles. The predicted octanol–water partition coefficient (Wildman–Crippen LogP) is 12.8. The van der Waals surface area contributed by atoms with Gasteiger partial charge in [0.05, 0.1) is 22.8 Å². The van der Waals surface area contributed by atoms with Crippen LogP contribution < -0.4 is 0 Å². The monoisotopic (exact) mass is 733 g/mol. The summed E-state index contributed by atoms with van der Waals surface area (Å²) >= 11 is 1.77. The van der Waals surface area contributed by atoms with E-state index in [1.807, 2.05) is 30.3 Å². The van der Waals surface area contributed by atoms with Gasteiger partial charge in [0.1, 0.15) is 0 Å². The lowest BCUT2D eigenvalue weighted by atomic mass is 9.82. The summed E-state index contributed by atoms with van der Waals surface area (Å²) in [7, 11) is 0. The minimum atomic E-state index is -0.105. The highest BCUT2D eigenvalue weighted by atomic mass is 32.1. The standard InChI is InChI=1S/C50H31N5S/c1-50(2)39-17-8-6-13-33(39)38-27-32(23-25-40(38)50)48-53-47(31-21-19-29(28-51)20-22-31)54-49(55-48)37-16-10-15-36-44-42(56-46(36)37)26-24-35-43(44)34-14-7-9-18-41(34)52-45(35)30-11-4-3-5-12-30/h3-27H,1-2H3. The van der Waals surface area contributed by atoms with Crippen molar-refractivity contribution >= 4 is 53.2 Å². The van der Waals surface area contributed by atoms with Gasteiger partial charge in [0.2, 0.25) is 0 Å². The highest BCUT2D eigenvalue weighted by Gasteiger charge is 2.35. The molecule has 0 amide bonds. The van der Waals surface area contributed by atoms with Gasteiger partial charge in [-0.2, -0.15) is 5.26 Å². The third-order valence-corrected chi connectivity index (χ3v) is 12.6. The maximum atomic E-state index is 9.53. The van der Waals surface area contributed by atoms with Crippen molar-refractivity contribution in [2.24, 2.45) is 0 Å². The molecule has 0 aliphatic heterocycles. The molecule has 5 nitrogen and oxygen atoms in total. The van der Waals surface area contributed by atoms with Crippen molar-refractivity contribution < 1.29 is 0 Å². The zero-order chi connectivity index (χ0) is 37.5. The largest absolute Gasteiger partial charge is 0.247 e. The minimum Gasteiger partial charge on any atom is -0.247 e. The van der Waals surface area contributed by atoms with E-state index in [0.717, 1.165) is 54.3 Å². The van der Waals surface area contributed by atoms with Crippen LogP contribution in [0.3, 0.4) is 0 Å². The molecule has 0 saturated heterocycles. The maximum absolute atomic E-state index is 9.53. The molecule has 0 saturated carbocycles. The molecule has 0 fully saturated rings. The van der Waals surface area contributed by atoms with Crippen molar-refractivity contribution in [2.45, 2.75) is 19.3 Å². The van der Waals surface area contributed by atoms with Crippen LogP contribution in [0.1, 0.15) is 30.5 Å². The van der Waals surface area contributed by atoms with E-state index in [0.29, 0.717) is 23.0 Å². The number of nitrogens with zero attached hydrogens (tertiary/aromatic N) is 5. The number of rotatable bonds is 4. The van der Waals surface area contributed by atoms with Crippen LogP contribution in [0.4, 0.5) is 0 Å². The molecular formula is C50H31N5S. The van der Waals surface area contributed by atoms with Crippen molar-refractivity contribution in [3.05, 3.63) is 168 Å². The highest BCUT2D eigenvalue weighted by molar-refractivity contribution is 7.26. The van der Waals surface area contributed by atoms with Gasteiger partial charge in [-0.05, 0) is 70.8 Å². The lowest BCUT2D eigenvalue weighted by molar-refractivity contribution is 0.660. The molecule has 0 bridgehead atoms. The normalized spacial score (nSPS) is 12.9. The van der Waals surface area contributed by atoms with Crippen LogP contribution >= 0.6 is 11.3 Å². The Balaban J connectivity index is 1.16. The Bertz CT molecular complexity index is 3280. The molecule has 0 atom stereocenters. The summed E-state index contributed by atoms with van der Waals surface area (Å²) in [6.45, 7) is 4.58. The van der Waals surface area contributed by atoms with Crippen molar-refractivity contribution in [1.82, 2.24) is 19.9 Å². The molecule has 0 spiro atoms. The van der Waals surface area contributed by atoms with E-state index in [-0.39, 0.29) is 5.41 Å². The number of fused-ring (bicyclic) bond motifs is 10. The van der Waals surface area contributed by atoms with Crippen LogP contribution in [0.5, 0.6) is 0 Å². The van der Waals surface area contributed by atoms with Gasteiger partial charge < -0.3 is 0 Å². The summed E-state index contributed by atoms with van der Waals surface area (Å²) in [6, 6.07) is 54.8. The first kappa shape index (κ1) is 32.4. The molecule has 0 N–H and O–H groups in total. The average molecular weight is 734 g/mol. The van der Waals surface area contributed by atoms with Crippen molar-refractivity contribution in [1.29, 1.82) is 5.26 Å². The Morgan fingerprint density at radius 1 is 0.500 bits per heavy atom. The van der Waals surface area contributed by atoms with E-state index in [2.05, 4.69) is 141 Å². The molecule has 262 valence electrons. The summed E-state index contributed by atoms with van der Waals surface area (Å²) < 4.78 is 2.31. The number of hydrogen-bond donors (Lipinski definition) is 0. The fraction of sp³-hybridized carbons (Fsp3) is 0.0600. The Morgan fingerprint density at radius 3 is 2.02 bits per heavy atom. The molecular weight excluding hydrogens is 703 g/mol. The van der Waals surface area contributed by atoms with Crippen LogP contribution in [0.25, 0.3) is 98.4 Å². The van der Waals surface area contributed by atoms with Gasteiger partial charge in [-0.15, -0.1) is 11.3 Å². The lowest BCUT2D eigenvalue weighted by Gasteiger charge is -2.21. The zero-order valence-electron chi connectivity index (χ0n) is 30.6. The Morgan fingerprint density at radius 2 is 1.18 bits per heavy atom. The van der Waals surface area contributed by atoms with Crippen molar-refractivity contribution in [3.63, 3.8) is 0 Å². The summed E-state index contributed by atoms with van der Waals surface area (Å²) in [5, 5.41) is 15.4. The molecule has 3 heterocycles. The van der Waals surface area contributed by atoms with Crippen molar-refractivity contribution in [2.75, 3.05) is 0 Å². The number of nitriles is 1. The summed E-state index contributed by atoms with van der Waals surface area (Å²) in [5.41, 5.74) is 11.3. The smallest absolute Gasteiger partial charge is 0.165 e. The van der Waals surface area contributed by atoms with Crippen LogP contribution in [0.15, 0.2) is 152 Å². The fourth-order valence-electron chi connectivity index (χ4n) is 8.63. The number of pyridine rings is 1. The van der Waals surface area contributed by atoms with E-state index in [9.17, 15) is 5.26 Å². The number of aromatic nitrogens is 4. The topological polar surface area (TPSA) is 75.3 Å². The predicted molar refractivity (Wildman–Crippen MR) is 230 cm³/mol. The zero-order valence-corrected chi connectivity index (χ0v) is 31.4. The van der Waals surface area contributed by atoms with Gasteiger partial charge in [-0.25, -0.2) is 19.9 Å². The fourth-order valence-corrected chi connectivity index (χ4v) is 9.85. The van der Waals surface area contributed by atoms with Gasteiger partial charge >= 0.3 is 0 Å². The maximum Gasteiger partial charge on any atom is 0.165 e. The van der Waals surface area contributed by atoms with Gasteiger partial charge in [-0.1, -0.05) is 117 Å². The number of benzene rings is 7. The minimum absolute atomic E-state index is 0.105. The second kappa shape index (κ2) is 12.2. The Hall–Kier alpha value is -7.07. The first-order valence-corrected chi connectivity index (χ1v) is 19.5. The van der Waals surface area contributed by atoms with Crippen molar-refractivity contribution in [3.8, 4) is 62.6 Å². The van der Waals surface area contributed by atoms with Crippen LogP contribution in [-0.4, -0.2) is 19.9 Å². The van der Waals surface area contributed by atoms with Gasteiger partial charge in [0.25, 0.3) is 0 Å². The molecule has 10 aromatic rings. The van der Waals surface area contributed by atoms with E-state index >= 15 is 0 Å². The third kappa shape index (κ3) is 4.85. The molecule has 0 unspecified atom stereocenters. The number of thiophene rings is 1. The quantitative estimate of drug-likeness (QED) is 0.168. The summed E-state index contributed by atoms with van der Waals surface area (Å²) in [5.74, 6) is 1.77. The molecule has 1 aliphatic rings. The molecule has 6 heteroatoms. The second-order valence-corrected chi connectivity index (χ2v) is 16.0. The number of hydrogen-bond acceptors (Lipinski definition) is 6. The van der Waals surface area contributed by atoms with E-state index < -0.39 is 0 Å². The first-order chi connectivity index (χ1) is 27.5. The van der Waals surface area contributed by atoms with E-state index in [4.69, 9.17) is 19.9 Å². The average Bonchev–Trinajstić information content (AvgIpc) is 3.75. The van der Waals surface area contributed by atoms with Gasteiger partial charge in [0, 0.05) is 64.0 Å². The molecule has 11 rings (SSSR count). The molecule has 56 heavy (non-hydrogen) atoms. The first-order valence-electron chi connectivity index (χ1n) is 18.7. The molecule has 0 radical (unpaired) electrons. The summed E-state index contributed by atoms with van der Waals surface area (Å²) in [6.07, 6.45) is 0. The SMILES string of the molecule is CC1(C)c2ccccc2-c2cc(-c3nc(-c4ccc(C#N)cc4)nc(-c4cccc5c4sc4ccc6c(-c7ccccc7)nc7ccccc7c6c45)n3)ccc21. The van der Waals surface area contributed by atoms with Crippen LogP contribution in [0.2, 0.25) is 0 Å². The van der Waals surface area contributed by atoms with Crippen LogP contribution in [0, 0.1) is 11.3 Å². The molecule has 1 aliphatic carbocycles. The number of para-hydroxylation sites is 1. The third-order valence-electron chi connectivity index (χ3n) is 11.4. The Labute approximate surface area is 327 Å².